The Kier molecular flexibility index (Phi) is 2.83. The van der Waals surface area contributed by atoms with Gasteiger partial charge in [-0.1, -0.05) is 25.3 Å². The topological polar surface area (TPSA) is 46.2 Å². The van der Waals surface area contributed by atoms with Gasteiger partial charge in [0.2, 0.25) is 0 Å². The van der Waals surface area contributed by atoms with Crippen molar-refractivity contribution in [3.8, 4) is 5.75 Å². The van der Waals surface area contributed by atoms with Crippen LogP contribution in [0.1, 0.15) is 49.1 Å². The Labute approximate surface area is 103 Å². The highest BCUT2D eigenvalue weighted by Gasteiger charge is 2.48. The van der Waals surface area contributed by atoms with Crippen LogP contribution >= 0.6 is 0 Å². The number of aromatic hydroxyl groups is 1. The van der Waals surface area contributed by atoms with E-state index in [1.165, 1.54) is 43.2 Å². The van der Waals surface area contributed by atoms with Gasteiger partial charge in [0.25, 0.3) is 0 Å². The zero-order chi connectivity index (χ0) is 11.8. The third kappa shape index (κ3) is 2.06. The lowest BCUT2D eigenvalue weighted by Crippen LogP contribution is -2.04. The van der Waals surface area contributed by atoms with Crippen LogP contribution < -0.4 is 5.73 Å². The molecule has 0 heterocycles. The van der Waals surface area contributed by atoms with Gasteiger partial charge in [0.1, 0.15) is 5.75 Å². The van der Waals surface area contributed by atoms with Gasteiger partial charge in [-0.05, 0) is 48.4 Å². The van der Waals surface area contributed by atoms with Gasteiger partial charge in [0.15, 0.2) is 0 Å². The van der Waals surface area contributed by atoms with Crippen molar-refractivity contribution in [2.45, 2.75) is 50.5 Å². The van der Waals surface area contributed by atoms with E-state index in [9.17, 15) is 5.11 Å². The third-order valence-electron chi connectivity index (χ3n) is 4.45. The van der Waals surface area contributed by atoms with Gasteiger partial charge in [0, 0.05) is 12.0 Å². The molecule has 2 unspecified atom stereocenters. The predicted octanol–water partition coefficient (Wildman–Crippen LogP) is 2.94. The Balaban J connectivity index is 1.93. The minimum Gasteiger partial charge on any atom is -0.508 e. The van der Waals surface area contributed by atoms with Gasteiger partial charge in [0.05, 0.1) is 0 Å². The molecule has 1 saturated carbocycles. The Morgan fingerprint density at radius 3 is 2.82 bits per heavy atom. The largest absolute Gasteiger partial charge is 0.508 e. The summed E-state index contributed by atoms with van der Waals surface area (Å²) in [5.74, 6) is 1.65. The van der Waals surface area contributed by atoms with Gasteiger partial charge in [-0.2, -0.15) is 0 Å². The lowest BCUT2D eigenvalue weighted by atomic mass is 9.94. The predicted molar refractivity (Wildman–Crippen MR) is 69.1 cm³/mol. The number of phenolic OH excluding ortho intramolecular Hbond substituents is 1. The molecule has 2 heteroatoms. The molecule has 1 aromatic carbocycles. The van der Waals surface area contributed by atoms with E-state index in [0.29, 0.717) is 23.6 Å². The summed E-state index contributed by atoms with van der Waals surface area (Å²) in [4.78, 5) is 0. The first kappa shape index (κ1) is 11.1. The van der Waals surface area contributed by atoms with Crippen molar-refractivity contribution in [2.24, 2.45) is 11.7 Å². The fourth-order valence-corrected chi connectivity index (χ4v) is 3.39. The summed E-state index contributed by atoms with van der Waals surface area (Å²) < 4.78 is 0. The van der Waals surface area contributed by atoms with E-state index >= 15 is 0 Å². The summed E-state index contributed by atoms with van der Waals surface area (Å²) in [6.45, 7) is 0. The van der Waals surface area contributed by atoms with Crippen LogP contribution in [0.15, 0.2) is 18.2 Å². The molecule has 0 bridgehead atoms. The van der Waals surface area contributed by atoms with Crippen LogP contribution in [-0.4, -0.2) is 11.1 Å². The van der Waals surface area contributed by atoms with E-state index in [4.69, 9.17) is 5.73 Å². The monoisotopic (exact) mass is 231 g/mol. The van der Waals surface area contributed by atoms with Gasteiger partial charge in [-0.3, -0.25) is 0 Å². The standard InChI is InChI=1S/C15H21NO/c16-15-13-6-4-2-1-3-5-10-9-11(17)7-8-12(10)14(13)15/h7-9,13-15,17H,1-6,16H2/t13?,14?,15-/m0/s1. The number of benzene rings is 1. The van der Waals surface area contributed by atoms with Crippen LogP contribution in [0.2, 0.25) is 0 Å². The van der Waals surface area contributed by atoms with E-state index in [1.54, 1.807) is 0 Å². The maximum Gasteiger partial charge on any atom is 0.115 e. The van der Waals surface area contributed by atoms with Crippen molar-refractivity contribution < 1.29 is 5.11 Å². The number of nitrogens with two attached hydrogens (primary N) is 1. The molecule has 0 aromatic heterocycles. The maximum atomic E-state index is 9.61. The molecule has 0 spiro atoms. The normalized spacial score (nSPS) is 32.4. The molecule has 2 aliphatic carbocycles. The molecule has 3 atom stereocenters. The molecule has 3 rings (SSSR count). The molecular formula is C15H21NO. The molecule has 0 radical (unpaired) electrons. The fraction of sp³-hybridized carbons (Fsp3) is 0.600. The third-order valence-corrected chi connectivity index (χ3v) is 4.45. The number of rotatable bonds is 0. The lowest BCUT2D eigenvalue weighted by Gasteiger charge is -2.12. The molecule has 1 fully saturated rings. The number of fused-ring (bicyclic) bond motifs is 3. The summed E-state index contributed by atoms with van der Waals surface area (Å²) >= 11 is 0. The van der Waals surface area contributed by atoms with E-state index < -0.39 is 0 Å². The Morgan fingerprint density at radius 2 is 1.94 bits per heavy atom. The summed E-state index contributed by atoms with van der Waals surface area (Å²) in [5, 5.41) is 9.61. The second-order valence-electron chi connectivity index (χ2n) is 5.60. The zero-order valence-corrected chi connectivity index (χ0v) is 10.2. The molecule has 3 N–H and O–H groups in total. The Bertz CT molecular complexity index is 415. The zero-order valence-electron chi connectivity index (χ0n) is 10.2. The first-order chi connectivity index (χ1) is 8.27. The van der Waals surface area contributed by atoms with Crippen molar-refractivity contribution in [2.75, 3.05) is 0 Å². The first-order valence-corrected chi connectivity index (χ1v) is 6.85. The highest BCUT2D eigenvalue weighted by atomic mass is 16.3. The number of hydrogen-bond donors (Lipinski definition) is 2. The Hall–Kier alpha value is -1.02. The minimum absolute atomic E-state index is 0.358. The van der Waals surface area contributed by atoms with Crippen LogP contribution in [0.25, 0.3) is 0 Å². The second kappa shape index (κ2) is 4.34. The smallest absolute Gasteiger partial charge is 0.115 e. The van der Waals surface area contributed by atoms with Gasteiger partial charge in [-0.15, -0.1) is 0 Å². The van der Waals surface area contributed by atoms with Gasteiger partial charge in [-0.25, -0.2) is 0 Å². The first-order valence-electron chi connectivity index (χ1n) is 6.85. The number of phenols is 1. The highest BCUT2D eigenvalue weighted by Crippen LogP contribution is 2.51. The van der Waals surface area contributed by atoms with E-state index in [1.807, 2.05) is 12.1 Å². The van der Waals surface area contributed by atoms with Crippen molar-refractivity contribution >= 4 is 0 Å². The average molecular weight is 231 g/mol. The van der Waals surface area contributed by atoms with Crippen molar-refractivity contribution in [3.63, 3.8) is 0 Å². The quantitative estimate of drug-likeness (QED) is 0.721. The van der Waals surface area contributed by atoms with Crippen molar-refractivity contribution in [1.29, 1.82) is 0 Å². The summed E-state index contributed by atoms with van der Waals surface area (Å²) in [5.41, 5.74) is 8.94. The van der Waals surface area contributed by atoms with Crippen LogP contribution in [0, 0.1) is 5.92 Å². The molecule has 0 amide bonds. The minimum atomic E-state index is 0.358. The molecule has 2 nitrogen and oxygen atoms in total. The molecule has 1 aromatic rings. The second-order valence-corrected chi connectivity index (χ2v) is 5.60. The van der Waals surface area contributed by atoms with Gasteiger partial charge < -0.3 is 10.8 Å². The SMILES string of the molecule is N[C@H]1C2CCCCCCc3cc(O)ccc3C21. The maximum absolute atomic E-state index is 9.61. The molecule has 2 aliphatic rings. The molecular weight excluding hydrogens is 210 g/mol. The number of hydrogen-bond acceptors (Lipinski definition) is 2. The van der Waals surface area contributed by atoms with Crippen LogP contribution in [0.5, 0.6) is 5.75 Å². The molecule has 92 valence electrons. The summed E-state index contributed by atoms with van der Waals surface area (Å²) in [7, 11) is 0. The van der Waals surface area contributed by atoms with Crippen LogP contribution in [0.4, 0.5) is 0 Å². The summed E-state index contributed by atoms with van der Waals surface area (Å²) in [6.07, 6.45) is 7.60. The van der Waals surface area contributed by atoms with Crippen molar-refractivity contribution in [1.82, 2.24) is 0 Å². The lowest BCUT2D eigenvalue weighted by molar-refractivity contribution is 0.473. The van der Waals surface area contributed by atoms with Gasteiger partial charge >= 0.3 is 0 Å². The number of aryl methyl sites for hydroxylation is 1. The fourth-order valence-electron chi connectivity index (χ4n) is 3.39. The van der Waals surface area contributed by atoms with Crippen molar-refractivity contribution in [3.05, 3.63) is 29.3 Å². The van der Waals surface area contributed by atoms with E-state index in [-0.39, 0.29) is 0 Å². The molecule has 0 saturated heterocycles. The Morgan fingerprint density at radius 1 is 1.12 bits per heavy atom. The molecule has 17 heavy (non-hydrogen) atoms. The molecule has 0 aliphatic heterocycles. The van der Waals surface area contributed by atoms with E-state index in [0.717, 1.165) is 6.42 Å². The summed E-state index contributed by atoms with van der Waals surface area (Å²) in [6, 6.07) is 6.21. The van der Waals surface area contributed by atoms with E-state index in [2.05, 4.69) is 6.07 Å². The van der Waals surface area contributed by atoms with Crippen LogP contribution in [-0.2, 0) is 6.42 Å². The average Bonchev–Trinajstić information content (AvgIpc) is 2.95. The van der Waals surface area contributed by atoms with Crippen LogP contribution in [0.3, 0.4) is 0 Å². The highest BCUT2D eigenvalue weighted by molar-refractivity contribution is 5.42.